The van der Waals surface area contributed by atoms with Crippen molar-refractivity contribution in [3.05, 3.63) is 92.1 Å². The fourth-order valence-electron chi connectivity index (χ4n) is 2.95. The van der Waals surface area contributed by atoms with E-state index in [1.165, 1.54) is 0 Å². The lowest BCUT2D eigenvalue weighted by molar-refractivity contribution is 0.305. The number of allylic oxidation sites excluding steroid dienone is 1. The molecule has 4 aromatic rings. The normalized spacial score (nSPS) is 11.5. The van der Waals surface area contributed by atoms with E-state index in [4.69, 9.17) is 27.9 Å². The van der Waals surface area contributed by atoms with E-state index in [2.05, 4.69) is 32.0 Å². The topological polar surface area (TPSA) is 61.7 Å². The quantitative estimate of drug-likeness (QED) is 0.294. The summed E-state index contributed by atoms with van der Waals surface area (Å²) in [5.41, 5.74) is 3.63. The number of benzene rings is 3. The molecule has 1 aromatic heterocycles. The minimum atomic E-state index is 0.269. The summed E-state index contributed by atoms with van der Waals surface area (Å²) in [6.45, 7) is 0.269. The zero-order valence-corrected chi connectivity index (χ0v) is 18.6. The molecule has 0 unspecified atom stereocenters. The highest BCUT2D eigenvalue weighted by Gasteiger charge is 2.11. The average molecular weight is 499 g/mol. The standard InChI is InChI=1S/C23H14BrCl2N3O/c24-17-6-8-22(30-13-14-5-7-18(25)11-19(14)26)15(10-17)9-16(12-27)23-28-20-3-1-2-4-21(20)29-23/h1-11H,13H2,(H,28,29)/b16-9-. The monoisotopic (exact) mass is 497 g/mol. The molecule has 0 aliphatic heterocycles. The number of fused-ring (bicyclic) bond motifs is 1. The van der Waals surface area contributed by atoms with Crippen molar-refractivity contribution in [2.45, 2.75) is 6.61 Å². The maximum atomic E-state index is 9.74. The molecule has 30 heavy (non-hydrogen) atoms. The zero-order valence-electron chi connectivity index (χ0n) is 15.5. The summed E-state index contributed by atoms with van der Waals surface area (Å²) in [4.78, 5) is 7.70. The number of hydrogen-bond donors (Lipinski definition) is 1. The van der Waals surface area contributed by atoms with E-state index >= 15 is 0 Å². The van der Waals surface area contributed by atoms with Gasteiger partial charge >= 0.3 is 0 Å². The molecule has 4 rings (SSSR count). The lowest BCUT2D eigenvalue weighted by atomic mass is 10.1. The summed E-state index contributed by atoms with van der Waals surface area (Å²) >= 11 is 15.7. The number of rotatable bonds is 5. The molecule has 1 N–H and O–H groups in total. The second-order valence-corrected chi connectivity index (χ2v) is 8.24. The predicted molar refractivity (Wildman–Crippen MR) is 125 cm³/mol. The van der Waals surface area contributed by atoms with Gasteiger partial charge in [-0.25, -0.2) is 4.98 Å². The summed E-state index contributed by atoms with van der Waals surface area (Å²) < 4.78 is 6.87. The number of nitriles is 1. The van der Waals surface area contributed by atoms with Gasteiger partial charge in [0.1, 0.15) is 24.3 Å². The molecule has 4 nitrogen and oxygen atoms in total. The fourth-order valence-corrected chi connectivity index (χ4v) is 3.79. The summed E-state index contributed by atoms with van der Waals surface area (Å²) in [6, 6.07) is 20.8. The number of hydrogen-bond acceptors (Lipinski definition) is 3. The first kappa shape index (κ1) is 20.5. The van der Waals surface area contributed by atoms with E-state index in [9.17, 15) is 5.26 Å². The van der Waals surface area contributed by atoms with E-state index in [0.29, 0.717) is 27.2 Å². The van der Waals surface area contributed by atoms with Gasteiger partial charge in [-0.3, -0.25) is 0 Å². The maximum Gasteiger partial charge on any atom is 0.149 e. The summed E-state index contributed by atoms with van der Waals surface area (Å²) in [5.74, 6) is 1.12. The molecule has 1 heterocycles. The minimum absolute atomic E-state index is 0.269. The van der Waals surface area contributed by atoms with Gasteiger partial charge < -0.3 is 9.72 Å². The van der Waals surface area contributed by atoms with Crippen LogP contribution in [0.15, 0.2) is 65.1 Å². The van der Waals surface area contributed by atoms with Gasteiger partial charge in [-0.2, -0.15) is 5.26 Å². The first-order valence-corrected chi connectivity index (χ1v) is 10.5. The van der Waals surface area contributed by atoms with Crippen molar-refractivity contribution in [2.75, 3.05) is 0 Å². The van der Waals surface area contributed by atoms with Gasteiger partial charge in [0.15, 0.2) is 0 Å². The Kier molecular flexibility index (Phi) is 6.10. The number of H-pyrrole nitrogens is 1. The smallest absolute Gasteiger partial charge is 0.149 e. The highest BCUT2D eigenvalue weighted by atomic mass is 79.9. The van der Waals surface area contributed by atoms with Crippen LogP contribution in [0.4, 0.5) is 0 Å². The number of aromatic amines is 1. The van der Waals surface area contributed by atoms with Gasteiger partial charge in [0.2, 0.25) is 0 Å². The fraction of sp³-hybridized carbons (Fsp3) is 0.0435. The Morgan fingerprint density at radius 1 is 1.13 bits per heavy atom. The van der Waals surface area contributed by atoms with E-state index in [1.807, 2.05) is 48.5 Å². The van der Waals surface area contributed by atoms with Crippen LogP contribution in [-0.2, 0) is 6.61 Å². The van der Waals surface area contributed by atoms with Crippen LogP contribution in [0.5, 0.6) is 5.75 Å². The molecule has 0 saturated carbocycles. The van der Waals surface area contributed by atoms with Crippen LogP contribution in [0.1, 0.15) is 17.0 Å². The van der Waals surface area contributed by atoms with Crippen molar-refractivity contribution in [2.24, 2.45) is 0 Å². The van der Waals surface area contributed by atoms with Crippen molar-refractivity contribution in [1.82, 2.24) is 9.97 Å². The number of nitrogens with zero attached hydrogens (tertiary/aromatic N) is 2. The van der Waals surface area contributed by atoms with Crippen molar-refractivity contribution in [3.63, 3.8) is 0 Å². The van der Waals surface area contributed by atoms with Crippen LogP contribution in [0.2, 0.25) is 10.0 Å². The molecule has 0 saturated heterocycles. The highest BCUT2D eigenvalue weighted by Crippen LogP contribution is 2.29. The van der Waals surface area contributed by atoms with Crippen LogP contribution in [0.3, 0.4) is 0 Å². The molecule has 7 heteroatoms. The third-order valence-electron chi connectivity index (χ3n) is 4.43. The predicted octanol–water partition coefficient (Wildman–Crippen LogP) is 7.28. The second-order valence-electron chi connectivity index (χ2n) is 6.48. The van der Waals surface area contributed by atoms with Crippen LogP contribution >= 0.6 is 39.1 Å². The Hall–Kier alpha value is -2.78. The number of imidazole rings is 1. The van der Waals surface area contributed by atoms with E-state index in [-0.39, 0.29) is 6.61 Å². The summed E-state index contributed by atoms with van der Waals surface area (Å²) in [7, 11) is 0. The second kappa shape index (κ2) is 8.93. The van der Waals surface area contributed by atoms with E-state index < -0.39 is 0 Å². The Labute approximate surface area is 191 Å². The van der Waals surface area contributed by atoms with Gasteiger partial charge in [0.05, 0.1) is 16.6 Å². The summed E-state index contributed by atoms with van der Waals surface area (Å²) in [5, 5.41) is 10.8. The molecule has 0 spiro atoms. The lowest BCUT2D eigenvalue weighted by Crippen LogP contribution is -1.98. The zero-order chi connectivity index (χ0) is 21.1. The highest BCUT2D eigenvalue weighted by molar-refractivity contribution is 9.10. The number of ether oxygens (including phenoxy) is 1. The minimum Gasteiger partial charge on any atom is -0.488 e. The Morgan fingerprint density at radius 3 is 2.73 bits per heavy atom. The van der Waals surface area contributed by atoms with Gasteiger partial charge in [0.25, 0.3) is 0 Å². The van der Waals surface area contributed by atoms with Crippen molar-refractivity contribution >= 4 is 61.8 Å². The van der Waals surface area contributed by atoms with Gasteiger partial charge in [-0.1, -0.05) is 57.3 Å². The number of aromatic nitrogens is 2. The largest absolute Gasteiger partial charge is 0.488 e. The number of para-hydroxylation sites is 2. The Morgan fingerprint density at radius 2 is 1.97 bits per heavy atom. The maximum absolute atomic E-state index is 9.74. The van der Waals surface area contributed by atoms with Gasteiger partial charge in [-0.05, 0) is 48.5 Å². The third-order valence-corrected chi connectivity index (χ3v) is 5.52. The molecular formula is C23H14BrCl2N3O. The molecule has 0 atom stereocenters. The molecule has 0 aliphatic rings. The SMILES string of the molecule is N#C/C(=C/c1cc(Br)ccc1OCc1ccc(Cl)cc1Cl)c1nc2ccccc2[nH]1. The molecule has 0 fully saturated rings. The molecule has 0 amide bonds. The Bertz CT molecular complexity index is 1270. The van der Waals surface area contributed by atoms with Gasteiger partial charge in [-0.15, -0.1) is 0 Å². The lowest BCUT2D eigenvalue weighted by Gasteiger charge is -2.11. The summed E-state index contributed by atoms with van der Waals surface area (Å²) in [6.07, 6.45) is 1.75. The van der Waals surface area contributed by atoms with E-state index in [1.54, 1.807) is 18.2 Å². The van der Waals surface area contributed by atoms with Crippen molar-refractivity contribution < 1.29 is 4.74 Å². The van der Waals surface area contributed by atoms with Crippen LogP contribution < -0.4 is 4.74 Å². The molecule has 0 aliphatic carbocycles. The van der Waals surface area contributed by atoms with Crippen molar-refractivity contribution in [3.8, 4) is 11.8 Å². The molecule has 0 radical (unpaired) electrons. The number of halogens is 3. The molecular weight excluding hydrogens is 485 g/mol. The Balaban J connectivity index is 1.67. The van der Waals surface area contributed by atoms with Crippen LogP contribution in [0.25, 0.3) is 22.7 Å². The molecule has 0 bridgehead atoms. The number of nitrogens with one attached hydrogen (secondary N) is 1. The van der Waals surface area contributed by atoms with E-state index in [0.717, 1.165) is 26.6 Å². The van der Waals surface area contributed by atoms with Gasteiger partial charge in [0, 0.05) is 25.6 Å². The first-order chi connectivity index (χ1) is 14.5. The van der Waals surface area contributed by atoms with Crippen LogP contribution in [-0.4, -0.2) is 9.97 Å². The van der Waals surface area contributed by atoms with Crippen molar-refractivity contribution in [1.29, 1.82) is 5.26 Å². The average Bonchev–Trinajstić information content (AvgIpc) is 3.16. The third kappa shape index (κ3) is 4.52. The molecule has 148 valence electrons. The van der Waals surface area contributed by atoms with Crippen LogP contribution in [0, 0.1) is 11.3 Å². The molecule has 3 aromatic carbocycles. The first-order valence-electron chi connectivity index (χ1n) is 8.96.